The van der Waals surface area contributed by atoms with Crippen molar-refractivity contribution < 1.29 is 18.8 Å². The molecule has 5 nitrogen and oxygen atoms in total. The smallest absolute Gasteiger partial charge is 0.286 e. The van der Waals surface area contributed by atoms with E-state index in [4.69, 9.17) is 9.47 Å². The van der Waals surface area contributed by atoms with Gasteiger partial charge in [0.15, 0.2) is 23.9 Å². The van der Waals surface area contributed by atoms with Gasteiger partial charge >= 0.3 is 0 Å². The van der Waals surface area contributed by atoms with Crippen molar-refractivity contribution >= 4 is 5.91 Å². The molecule has 1 amide bonds. The number of nitrogens with one attached hydrogen (secondary N) is 1. The van der Waals surface area contributed by atoms with Crippen molar-refractivity contribution in [1.29, 1.82) is 0 Å². The van der Waals surface area contributed by atoms with Crippen molar-refractivity contribution in [2.24, 2.45) is 0 Å². The lowest BCUT2D eigenvalue weighted by Crippen LogP contribution is -2.42. The van der Waals surface area contributed by atoms with Crippen LogP contribution in [0.25, 0.3) is 0 Å². The van der Waals surface area contributed by atoms with E-state index in [-0.39, 0.29) is 12.7 Å². The summed E-state index contributed by atoms with van der Waals surface area (Å²) in [5, 5.41) is 2.90. The molecular weight excluding hydrogens is 268 g/mol. The number of carbonyl (C=O) groups is 1. The third kappa shape index (κ3) is 3.31. The summed E-state index contributed by atoms with van der Waals surface area (Å²) >= 11 is 0. The van der Waals surface area contributed by atoms with Crippen LogP contribution in [0.5, 0.6) is 11.5 Å². The van der Waals surface area contributed by atoms with Gasteiger partial charge in [-0.2, -0.15) is 4.57 Å². The Labute approximate surface area is 123 Å². The minimum Gasteiger partial charge on any atom is -0.454 e. The SMILES string of the molecule is Cc1cc[n+](CC(=O)NCc2ccc3c(c2)OCO3)cc1. The first-order chi connectivity index (χ1) is 10.2. The molecule has 0 aliphatic carbocycles. The third-order valence-electron chi connectivity index (χ3n) is 3.31. The molecule has 3 rings (SSSR count). The Morgan fingerprint density at radius 2 is 1.95 bits per heavy atom. The van der Waals surface area contributed by atoms with Crippen LogP contribution >= 0.6 is 0 Å². The van der Waals surface area contributed by atoms with Crippen molar-refractivity contribution in [2.45, 2.75) is 20.0 Å². The van der Waals surface area contributed by atoms with E-state index < -0.39 is 0 Å². The van der Waals surface area contributed by atoms with Crippen LogP contribution in [-0.4, -0.2) is 12.7 Å². The Bertz CT molecular complexity index is 653. The molecule has 1 aliphatic heterocycles. The molecule has 21 heavy (non-hydrogen) atoms. The van der Waals surface area contributed by atoms with Gasteiger partial charge in [0, 0.05) is 18.7 Å². The van der Waals surface area contributed by atoms with Gasteiger partial charge in [-0.15, -0.1) is 0 Å². The number of ether oxygens (including phenoxy) is 2. The van der Waals surface area contributed by atoms with Crippen molar-refractivity contribution in [1.82, 2.24) is 5.32 Å². The van der Waals surface area contributed by atoms with E-state index in [9.17, 15) is 4.79 Å². The van der Waals surface area contributed by atoms with Gasteiger partial charge in [0.2, 0.25) is 13.3 Å². The van der Waals surface area contributed by atoms with Crippen LogP contribution in [0.4, 0.5) is 0 Å². The molecule has 2 aromatic rings. The Morgan fingerprint density at radius 1 is 1.19 bits per heavy atom. The second kappa shape index (κ2) is 5.83. The zero-order chi connectivity index (χ0) is 14.7. The zero-order valence-corrected chi connectivity index (χ0v) is 11.8. The number of hydrogen-bond donors (Lipinski definition) is 1. The van der Waals surface area contributed by atoms with Crippen LogP contribution < -0.4 is 19.4 Å². The Hall–Kier alpha value is -2.56. The number of pyridine rings is 1. The number of aryl methyl sites for hydroxylation is 1. The number of rotatable bonds is 4. The van der Waals surface area contributed by atoms with Gasteiger partial charge in [0.1, 0.15) is 0 Å². The van der Waals surface area contributed by atoms with Crippen LogP contribution in [0.2, 0.25) is 0 Å². The molecule has 0 unspecified atom stereocenters. The average molecular weight is 285 g/mol. The minimum absolute atomic E-state index is 0.0264. The summed E-state index contributed by atoms with van der Waals surface area (Å²) < 4.78 is 12.4. The van der Waals surface area contributed by atoms with E-state index in [1.807, 2.05) is 54.2 Å². The first-order valence-corrected chi connectivity index (χ1v) is 6.82. The van der Waals surface area contributed by atoms with Gasteiger partial charge in [0.05, 0.1) is 0 Å². The summed E-state index contributed by atoms with van der Waals surface area (Å²) in [4.78, 5) is 11.9. The number of carbonyl (C=O) groups excluding carboxylic acids is 1. The number of aromatic nitrogens is 1. The first-order valence-electron chi connectivity index (χ1n) is 6.82. The number of hydrogen-bond acceptors (Lipinski definition) is 3. The van der Waals surface area contributed by atoms with Crippen molar-refractivity contribution in [3.63, 3.8) is 0 Å². The fourth-order valence-electron chi connectivity index (χ4n) is 2.11. The lowest BCUT2D eigenvalue weighted by atomic mass is 10.2. The maximum Gasteiger partial charge on any atom is 0.286 e. The Morgan fingerprint density at radius 3 is 2.76 bits per heavy atom. The highest BCUT2D eigenvalue weighted by Crippen LogP contribution is 2.32. The molecule has 0 bridgehead atoms. The van der Waals surface area contributed by atoms with E-state index in [0.717, 1.165) is 17.1 Å². The summed E-state index contributed by atoms with van der Waals surface area (Å²) in [6, 6.07) is 9.63. The van der Waals surface area contributed by atoms with Gasteiger partial charge < -0.3 is 14.8 Å². The molecule has 0 atom stereocenters. The van der Waals surface area contributed by atoms with Gasteiger partial charge in [-0.1, -0.05) is 6.07 Å². The average Bonchev–Trinajstić information content (AvgIpc) is 2.95. The van der Waals surface area contributed by atoms with E-state index in [1.54, 1.807) is 0 Å². The largest absolute Gasteiger partial charge is 0.454 e. The molecule has 1 aliphatic rings. The normalized spacial score (nSPS) is 12.2. The molecule has 1 aromatic heterocycles. The lowest BCUT2D eigenvalue weighted by molar-refractivity contribution is -0.684. The van der Waals surface area contributed by atoms with Crippen LogP contribution in [0.1, 0.15) is 11.1 Å². The van der Waals surface area contributed by atoms with Crippen molar-refractivity contribution in [3.05, 3.63) is 53.9 Å². The predicted molar refractivity (Wildman–Crippen MR) is 75.8 cm³/mol. The fraction of sp³-hybridized carbons (Fsp3) is 0.250. The van der Waals surface area contributed by atoms with E-state index >= 15 is 0 Å². The van der Waals surface area contributed by atoms with Gasteiger partial charge in [-0.3, -0.25) is 4.79 Å². The highest BCUT2D eigenvalue weighted by Gasteiger charge is 2.14. The molecule has 0 fully saturated rings. The van der Waals surface area contributed by atoms with E-state index in [0.29, 0.717) is 13.1 Å². The van der Waals surface area contributed by atoms with Gasteiger partial charge in [-0.25, -0.2) is 0 Å². The minimum atomic E-state index is -0.0264. The van der Waals surface area contributed by atoms with Crippen LogP contribution in [0.15, 0.2) is 42.7 Å². The second-order valence-electron chi connectivity index (χ2n) is 5.01. The molecule has 0 radical (unpaired) electrons. The number of fused-ring (bicyclic) bond motifs is 1. The van der Waals surface area contributed by atoms with E-state index in [1.165, 1.54) is 5.56 Å². The maximum atomic E-state index is 11.9. The summed E-state index contributed by atoms with van der Waals surface area (Å²) in [7, 11) is 0. The molecular formula is C16H17N2O3+. The molecule has 0 saturated carbocycles. The zero-order valence-electron chi connectivity index (χ0n) is 11.8. The Balaban J connectivity index is 1.55. The van der Waals surface area contributed by atoms with E-state index in [2.05, 4.69) is 5.32 Å². The molecule has 1 aromatic carbocycles. The number of benzene rings is 1. The Kier molecular flexibility index (Phi) is 3.73. The summed E-state index contributed by atoms with van der Waals surface area (Å²) in [5.74, 6) is 1.46. The highest BCUT2D eigenvalue weighted by molar-refractivity contribution is 5.74. The maximum absolute atomic E-state index is 11.9. The second-order valence-corrected chi connectivity index (χ2v) is 5.01. The summed E-state index contributed by atoms with van der Waals surface area (Å²) in [6.07, 6.45) is 3.80. The van der Waals surface area contributed by atoms with Crippen molar-refractivity contribution in [2.75, 3.05) is 6.79 Å². The fourth-order valence-corrected chi connectivity index (χ4v) is 2.11. The summed E-state index contributed by atoms with van der Waals surface area (Å²) in [6.45, 7) is 3.06. The lowest BCUT2D eigenvalue weighted by Gasteiger charge is -2.05. The van der Waals surface area contributed by atoms with Crippen LogP contribution in [-0.2, 0) is 17.9 Å². The summed E-state index contributed by atoms with van der Waals surface area (Å²) in [5.41, 5.74) is 2.16. The van der Waals surface area contributed by atoms with Crippen molar-refractivity contribution in [3.8, 4) is 11.5 Å². The molecule has 0 spiro atoms. The standard InChI is InChI=1S/C16H16N2O3/c1-12-4-6-18(7-5-12)10-16(19)17-9-13-2-3-14-15(8-13)21-11-20-14/h2-8H,9-11H2,1H3/p+1. The van der Waals surface area contributed by atoms with Crippen LogP contribution in [0, 0.1) is 6.92 Å². The molecule has 1 N–H and O–H groups in total. The number of amides is 1. The quantitative estimate of drug-likeness (QED) is 0.862. The van der Waals surface area contributed by atoms with Crippen LogP contribution in [0.3, 0.4) is 0 Å². The molecule has 2 heterocycles. The molecule has 0 saturated heterocycles. The third-order valence-corrected chi connectivity index (χ3v) is 3.31. The monoisotopic (exact) mass is 285 g/mol. The predicted octanol–water partition coefficient (Wildman–Crippen LogP) is 1.33. The number of nitrogens with zero attached hydrogens (tertiary/aromatic N) is 1. The molecule has 5 heteroatoms. The topological polar surface area (TPSA) is 51.4 Å². The van der Waals surface area contributed by atoms with Gasteiger partial charge in [0.25, 0.3) is 5.91 Å². The highest BCUT2D eigenvalue weighted by atomic mass is 16.7. The first kappa shape index (κ1) is 13.4. The van der Waals surface area contributed by atoms with Gasteiger partial charge in [-0.05, 0) is 30.2 Å². The molecule has 108 valence electrons.